The number of imidazole rings is 1. The molecule has 0 unspecified atom stereocenters. The maximum Gasteiger partial charge on any atom is 0.271 e. The van der Waals surface area contributed by atoms with Gasteiger partial charge in [-0.15, -0.1) is 0 Å². The second-order valence-corrected chi connectivity index (χ2v) is 7.79. The standard InChI is InChI=1S/C23H23N5O3/c1-15-21-25-19(22(29)24-12-16-6-5-11-31-16)14-27(21)9-10-28(15)23(30)18-13-26(2)20-8-4-3-7-17(18)20/h3-8,11,13-15H,9-10,12H2,1-2H3,(H,24,29)/t15-/m1/s1. The largest absolute Gasteiger partial charge is 0.467 e. The van der Waals surface area contributed by atoms with Gasteiger partial charge in [-0.1, -0.05) is 18.2 Å². The molecule has 8 nitrogen and oxygen atoms in total. The van der Waals surface area contributed by atoms with Gasteiger partial charge < -0.3 is 23.8 Å². The molecule has 4 heterocycles. The summed E-state index contributed by atoms with van der Waals surface area (Å²) in [5, 5.41) is 3.76. The number of rotatable bonds is 4. The second kappa shape index (κ2) is 7.46. The summed E-state index contributed by atoms with van der Waals surface area (Å²) in [6, 6.07) is 11.2. The fourth-order valence-corrected chi connectivity index (χ4v) is 4.22. The van der Waals surface area contributed by atoms with Gasteiger partial charge in [0.05, 0.1) is 24.4 Å². The number of para-hydroxylation sites is 1. The normalized spacial score (nSPS) is 15.8. The molecule has 1 N–H and O–H groups in total. The Bertz CT molecular complexity index is 1270. The number of aromatic nitrogens is 3. The molecule has 0 aliphatic carbocycles. The smallest absolute Gasteiger partial charge is 0.271 e. The van der Waals surface area contributed by atoms with E-state index in [0.29, 0.717) is 42.5 Å². The van der Waals surface area contributed by atoms with Crippen LogP contribution < -0.4 is 5.32 Å². The number of fused-ring (bicyclic) bond motifs is 2. The molecule has 0 saturated carbocycles. The predicted molar refractivity (Wildman–Crippen MR) is 114 cm³/mol. The number of aryl methyl sites for hydroxylation is 1. The van der Waals surface area contributed by atoms with Crippen LogP contribution in [0.5, 0.6) is 0 Å². The first-order valence-corrected chi connectivity index (χ1v) is 10.3. The summed E-state index contributed by atoms with van der Waals surface area (Å²) in [6.45, 7) is 3.40. The molecule has 158 valence electrons. The van der Waals surface area contributed by atoms with E-state index >= 15 is 0 Å². The molecule has 31 heavy (non-hydrogen) atoms. The second-order valence-electron chi connectivity index (χ2n) is 7.79. The molecule has 1 aliphatic rings. The third kappa shape index (κ3) is 3.30. The topological polar surface area (TPSA) is 85.3 Å². The van der Waals surface area contributed by atoms with Gasteiger partial charge in [-0.25, -0.2) is 4.98 Å². The van der Waals surface area contributed by atoms with Gasteiger partial charge in [0.25, 0.3) is 11.8 Å². The van der Waals surface area contributed by atoms with Crippen molar-refractivity contribution in [2.45, 2.75) is 26.1 Å². The molecule has 0 fully saturated rings. The molecule has 3 aromatic heterocycles. The number of nitrogens with one attached hydrogen (secondary N) is 1. The van der Waals surface area contributed by atoms with Crippen LogP contribution in [-0.4, -0.2) is 37.4 Å². The van der Waals surface area contributed by atoms with Gasteiger partial charge in [-0.2, -0.15) is 0 Å². The number of carbonyl (C=O) groups excluding carboxylic acids is 2. The minimum Gasteiger partial charge on any atom is -0.467 e. The number of hydrogen-bond donors (Lipinski definition) is 1. The zero-order valence-corrected chi connectivity index (χ0v) is 17.4. The van der Waals surface area contributed by atoms with Crippen LogP contribution in [0.25, 0.3) is 10.9 Å². The Morgan fingerprint density at radius 2 is 2.00 bits per heavy atom. The summed E-state index contributed by atoms with van der Waals surface area (Å²) in [7, 11) is 1.94. The van der Waals surface area contributed by atoms with Crippen LogP contribution in [0.2, 0.25) is 0 Å². The maximum absolute atomic E-state index is 13.4. The summed E-state index contributed by atoms with van der Waals surface area (Å²) < 4.78 is 9.18. The molecule has 0 bridgehead atoms. The van der Waals surface area contributed by atoms with Gasteiger partial charge in [0.15, 0.2) is 0 Å². The zero-order valence-electron chi connectivity index (χ0n) is 17.4. The molecular weight excluding hydrogens is 394 g/mol. The summed E-state index contributed by atoms with van der Waals surface area (Å²) in [5.74, 6) is 1.10. The van der Waals surface area contributed by atoms with Crippen LogP contribution in [0.3, 0.4) is 0 Å². The number of benzene rings is 1. The van der Waals surface area contributed by atoms with Crippen molar-refractivity contribution in [1.82, 2.24) is 24.3 Å². The van der Waals surface area contributed by atoms with E-state index in [-0.39, 0.29) is 17.9 Å². The van der Waals surface area contributed by atoms with Crippen molar-refractivity contribution < 1.29 is 14.0 Å². The lowest BCUT2D eigenvalue weighted by Gasteiger charge is -2.33. The fourth-order valence-electron chi connectivity index (χ4n) is 4.22. The summed E-state index contributed by atoms with van der Waals surface area (Å²) in [5.41, 5.74) is 2.04. The van der Waals surface area contributed by atoms with Crippen LogP contribution >= 0.6 is 0 Å². The Morgan fingerprint density at radius 3 is 2.81 bits per heavy atom. The Morgan fingerprint density at radius 1 is 1.16 bits per heavy atom. The van der Waals surface area contributed by atoms with Crippen molar-refractivity contribution in [2.24, 2.45) is 7.05 Å². The molecular formula is C23H23N5O3. The lowest BCUT2D eigenvalue weighted by Crippen LogP contribution is -2.41. The molecule has 1 aliphatic heterocycles. The summed E-state index contributed by atoms with van der Waals surface area (Å²) >= 11 is 0. The van der Waals surface area contributed by atoms with E-state index in [1.54, 1.807) is 24.6 Å². The minimum atomic E-state index is -0.266. The van der Waals surface area contributed by atoms with Crippen LogP contribution in [0, 0.1) is 0 Å². The first-order chi connectivity index (χ1) is 15.0. The minimum absolute atomic E-state index is 0.0256. The van der Waals surface area contributed by atoms with Crippen molar-refractivity contribution in [3.63, 3.8) is 0 Å². The van der Waals surface area contributed by atoms with E-state index in [2.05, 4.69) is 10.3 Å². The van der Waals surface area contributed by atoms with E-state index in [1.807, 2.05) is 58.5 Å². The van der Waals surface area contributed by atoms with E-state index in [1.165, 1.54) is 0 Å². The van der Waals surface area contributed by atoms with Crippen molar-refractivity contribution in [1.29, 1.82) is 0 Å². The van der Waals surface area contributed by atoms with Gasteiger partial charge in [0, 0.05) is 43.4 Å². The van der Waals surface area contributed by atoms with Crippen LogP contribution in [-0.2, 0) is 20.1 Å². The Kier molecular flexibility index (Phi) is 4.62. The van der Waals surface area contributed by atoms with E-state index < -0.39 is 0 Å². The Labute approximate surface area is 179 Å². The molecule has 1 aromatic carbocycles. The third-order valence-corrected chi connectivity index (χ3v) is 5.85. The highest BCUT2D eigenvalue weighted by atomic mass is 16.3. The first-order valence-electron chi connectivity index (χ1n) is 10.3. The molecule has 0 saturated heterocycles. The third-order valence-electron chi connectivity index (χ3n) is 5.85. The fraction of sp³-hybridized carbons (Fsp3) is 0.261. The maximum atomic E-state index is 13.4. The number of nitrogens with zero attached hydrogens (tertiary/aromatic N) is 4. The molecule has 0 radical (unpaired) electrons. The zero-order chi connectivity index (χ0) is 21.5. The number of hydrogen-bond acceptors (Lipinski definition) is 4. The van der Waals surface area contributed by atoms with E-state index in [0.717, 1.165) is 10.9 Å². The number of carbonyl (C=O) groups is 2. The highest BCUT2D eigenvalue weighted by Crippen LogP contribution is 2.29. The Hall–Kier alpha value is -3.81. The monoisotopic (exact) mass is 417 g/mol. The lowest BCUT2D eigenvalue weighted by molar-refractivity contribution is 0.0639. The van der Waals surface area contributed by atoms with Gasteiger partial charge in [-0.3, -0.25) is 9.59 Å². The molecule has 8 heteroatoms. The van der Waals surface area contributed by atoms with Crippen molar-refractivity contribution >= 4 is 22.7 Å². The lowest BCUT2D eigenvalue weighted by atomic mass is 10.1. The van der Waals surface area contributed by atoms with E-state index in [9.17, 15) is 9.59 Å². The van der Waals surface area contributed by atoms with Crippen molar-refractivity contribution in [2.75, 3.05) is 6.54 Å². The van der Waals surface area contributed by atoms with Gasteiger partial charge in [0.2, 0.25) is 0 Å². The summed E-state index contributed by atoms with van der Waals surface area (Å²) in [4.78, 5) is 32.3. The Balaban J connectivity index is 1.37. The van der Waals surface area contributed by atoms with Gasteiger partial charge in [0.1, 0.15) is 17.3 Å². The van der Waals surface area contributed by atoms with Crippen molar-refractivity contribution in [3.05, 3.63) is 77.9 Å². The summed E-state index contributed by atoms with van der Waals surface area (Å²) in [6.07, 6.45) is 5.21. The average molecular weight is 417 g/mol. The number of amides is 2. The molecule has 0 spiro atoms. The molecule has 5 rings (SSSR count). The molecule has 1 atom stereocenters. The molecule has 2 amide bonds. The number of furan rings is 1. The first kappa shape index (κ1) is 19.2. The molecule has 4 aromatic rings. The quantitative estimate of drug-likeness (QED) is 0.553. The average Bonchev–Trinajstić information content (AvgIpc) is 3.51. The van der Waals surface area contributed by atoms with Gasteiger partial charge in [-0.05, 0) is 25.1 Å². The van der Waals surface area contributed by atoms with Crippen LogP contribution in [0.15, 0.2) is 59.5 Å². The van der Waals surface area contributed by atoms with Crippen molar-refractivity contribution in [3.8, 4) is 0 Å². The van der Waals surface area contributed by atoms with Crippen LogP contribution in [0.1, 0.15) is 45.4 Å². The van der Waals surface area contributed by atoms with Gasteiger partial charge >= 0.3 is 0 Å². The SMILES string of the molecule is C[C@@H]1c2nc(C(=O)NCc3ccco3)cn2CCN1C(=O)c1cn(C)c2ccccc12. The predicted octanol–water partition coefficient (Wildman–Crippen LogP) is 3.11. The highest BCUT2D eigenvalue weighted by molar-refractivity contribution is 6.07. The van der Waals surface area contributed by atoms with E-state index in [4.69, 9.17) is 4.42 Å². The van der Waals surface area contributed by atoms with Crippen LogP contribution in [0.4, 0.5) is 0 Å². The highest BCUT2D eigenvalue weighted by Gasteiger charge is 2.32.